The Morgan fingerprint density at radius 3 is 3.12 bits per heavy atom. The first-order valence-electron chi connectivity index (χ1n) is 8.15. The highest BCUT2D eigenvalue weighted by Crippen LogP contribution is 2.37. The predicted molar refractivity (Wildman–Crippen MR) is 94.0 cm³/mol. The summed E-state index contributed by atoms with van der Waals surface area (Å²) in [6.07, 6.45) is 6.96. The van der Waals surface area contributed by atoms with E-state index in [1.165, 1.54) is 35.6 Å². The number of para-hydroxylation sites is 1. The van der Waals surface area contributed by atoms with E-state index in [0.717, 1.165) is 17.1 Å². The van der Waals surface area contributed by atoms with Gasteiger partial charge < -0.3 is 14.9 Å². The fourth-order valence-electron chi connectivity index (χ4n) is 2.79. The first-order chi connectivity index (χ1) is 11.8. The van der Waals surface area contributed by atoms with Gasteiger partial charge in [-0.05, 0) is 30.9 Å². The van der Waals surface area contributed by atoms with Crippen molar-refractivity contribution in [3.8, 4) is 0 Å². The van der Waals surface area contributed by atoms with Crippen molar-refractivity contribution in [1.82, 2.24) is 25.1 Å². The van der Waals surface area contributed by atoms with Gasteiger partial charge in [0, 0.05) is 29.7 Å². The fourth-order valence-corrected chi connectivity index (χ4v) is 3.61. The second-order valence-electron chi connectivity index (χ2n) is 6.00. The van der Waals surface area contributed by atoms with Crippen LogP contribution in [-0.2, 0) is 11.2 Å². The molecule has 7 heteroatoms. The lowest BCUT2D eigenvalue weighted by Gasteiger charge is -2.06. The van der Waals surface area contributed by atoms with Crippen molar-refractivity contribution in [2.24, 2.45) is 0 Å². The molecule has 1 saturated carbocycles. The maximum absolute atomic E-state index is 12.0. The van der Waals surface area contributed by atoms with Crippen LogP contribution in [0.15, 0.2) is 41.9 Å². The number of nitrogens with one attached hydrogen (secondary N) is 2. The number of H-pyrrole nitrogens is 1. The van der Waals surface area contributed by atoms with Gasteiger partial charge in [0.25, 0.3) is 0 Å². The molecule has 2 aromatic heterocycles. The minimum absolute atomic E-state index is 0.0326. The van der Waals surface area contributed by atoms with Gasteiger partial charge in [0.2, 0.25) is 5.91 Å². The lowest BCUT2D eigenvalue weighted by molar-refractivity contribution is -0.118. The molecule has 3 aromatic rings. The van der Waals surface area contributed by atoms with E-state index in [2.05, 4.69) is 37.2 Å². The lowest BCUT2D eigenvalue weighted by atomic mass is 10.1. The Kier molecular flexibility index (Phi) is 4.25. The standard InChI is InChI=1S/C17H19N5OS/c23-16(10-24-17-21-20-11-22(17)13-5-6-13)18-8-7-12-9-19-15-4-2-1-3-14(12)15/h1-4,9,11,13,19H,5-8,10H2,(H,18,23). The molecule has 2 heterocycles. The number of hydrogen-bond donors (Lipinski definition) is 2. The number of amides is 1. The molecule has 0 unspecified atom stereocenters. The number of fused-ring (bicyclic) bond motifs is 1. The summed E-state index contributed by atoms with van der Waals surface area (Å²) in [4.78, 5) is 15.3. The van der Waals surface area contributed by atoms with E-state index in [1.54, 1.807) is 6.33 Å². The van der Waals surface area contributed by atoms with Crippen molar-refractivity contribution in [3.63, 3.8) is 0 Å². The van der Waals surface area contributed by atoms with Gasteiger partial charge in [-0.1, -0.05) is 30.0 Å². The Labute approximate surface area is 144 Å². The van der Waals surface area contributed by atoms with Gasteiger partial charge in [0.1, 0.15) is 6.33 Å². The van der Waals surface area contributed by atoms with Crippen LogP contribution in [0.2, 0.25) is 0 Å². The van der Waals surface area contributed by atoms with Crippen LogP contribution in [0, 0.1) is 0 Å². The number of thioether (sulfide) groups is 1. The summed E-state index contributed by atoms with van der Waals surface area (Å²) in [6, 6.07) is 8.74. The molecule has 4 rings (SSSR count). The zero-order valence-corrected chi connectivity index (χ0v) is 14.1. The van der Waals surface area contributed by atoms with Gasteiger partial charge >= 0.3 is 0 Å². The summed E-state index contributed by atoms with van der Waals surface area (Å²) in [5, 5.41) is 13.1. The third-order valence-corrected chi connectivity index (χ3v) is 5.16. The van der Waals surface area contributed by atoms with E-state index in [4.69, 9.17) is 0 Å². The molecule has 0 saturated heterocycles. The summed E-state index contributed by atoms with van der Waals surface area (Å²) in [6.45, 7) is 0.635. The van der Waals surface area contributed by atoms with Gasteiger partial charge in [-0.2, -0.15) is 0 Å². The van der Waals surface area contributed by atoms with Gasteiger partial charge in [0.05, 0.1) is 5.75 Å². The molecule has 1 aliphatic carbocycles. The number of benzene rings is 1. The van der Waals surface area contributed by atoms with E-state index in [-0.39, 0.29) is 5.91 Å². The molecular weight excluding hydrogens is 322 g/mol. The smallest absolute Gasteiger partial charge is 0.230 e. The average Bonchev–Trinajstić information content (AvgIpc) is 3.20. The van der Waals surface area contributed by atoms with E-state index in [1.807, 2.05) is 18.3 Å². The van der Waals surface area contributed by atoms with E-state index in [0.29, 0.717) is 18.3 Å². The minimum Gasteiger partial charge on any atom is -0.361 e. The number of carbonyl (C=O) groups excluding carboxylic acids is 1. The van der Waals surface area contributed by atoms with Crippen molar-refractivity contribution in [2.45, 2.75) is 30.5 Å². The molecule has 24 heavy (non-hydrogen) atoms. The highest BCUT2D eigenvalue weighted by molar-refractivity contribution is 7.99. The van der Waals surface area contributed by atoms with Crippen LogP contribution in [0.3, 0.4) is 0 Å². The summed E-state index contributed by atoms with van der Waals surface area (Å²) in [7, 11) is 0. The van der Waals surface area contributed by atoms with E-state index < -0.39 is 0 Å². The first-order valence-corrected chi connectivity index (χ1v) is 9.14. The van der Waals surface area contributed by atoms with Gasteiger partial charge in [-0.15, -0.1) is 10.2 Å². The average molecular weight is 341 g/mol. The molecule has 1 aromatic carbocycles. The molecule has 124 valence electrons. The highest BCUT2D eigenvalue weighted by Gasteiger charge is 2.26. The van der Waals surface area contributed by atoms with E-state index >= 15 is 0 Å². The van der Waals surface area contributed by atoms with Crippen molar-refractivity contribution < 1.29 is 4.79 Å². The summed E-state index contributed by atoms with van der Waals surface area (Å²) in [5.41, 5.74) is 2.36. The normalized spacial score (nSPS) is 14.2. The predicted octanol–water partition coefficient (Wildman–Crippen LogP) is 2.55. The van der Waals surface area contributed by atoms with Crippen LogP contribution < -0.4 is 5.32 Å². The van der Waals surface area contributed by atoms with Crippen molar-refractivity contribution in [1.29, 1.82) is 0 Å². The molecule has 0 aliphatic heterocycles. The van der Waals surface area contributed by atoms with Crippen LogP contribution in [-0.4, -0.2) is 38.0 Å². The fraction of sp³-hybridized carbons (Fsp3) is 0.353. The lowest BCUT2D eigenvalue weighted by Crippen LogP contribution is -2.27. The van der Waals surface area contributed by atoms with Crippen molar-refractivity contribution in [2.75, 3.05) is 12.3 Å². The maximum Gasteiger partial charge on any atom is 0.230 e. The third kappa shape index (κ3) is 3.31. The molecule has 1 fully saturated rings. The minimum atomic E-state index is 0.0326. The highest BCUT2D eigenvalue weighted by atomic mass is 32.2. The van der Waals surface area contributed by atoms with Crippen molar-refractivity contribution in [3.05, 3.63) is 42.4 Å². The topological polar surface area (TPSA) is 75.6 Å². The Morgan fingerprint density at radius 2 is 2.25 bits per heavy atom. The zero-order valence-electron chi connectivity index (χ0n) is 13.2. The van der Waals surface area contributed by atoms with Crippen molar-refractivity contribution >= 4 is 28.6 Å². The Morgan fingerprint density at radius 1 is 1.38 bits per heavy atom. The monoisotopic (exact) mass is 341 g/mol. The molecule has 0 spiro atoms. The molecule has 6 nitrogen and oxygen atoms in total. The van der Waals surface area contributed by atoms with Gasteiger partial charge in [-0.3, -0.25) is 4.79 Å². The van der Waals surface area contributed by atoms with Gasteiger partial charge in [0.15, 0.2) is 5.16 Å². The summed E-state index contributed by atoms with van der Waals surface area (Å²) in [5.74, 6) is 0.407. The molecular formula is C17H19N5OS. The second-order valence-corrected chi connectivity index (χ2v) is 6.94. The Bertz CT molecular complexity index is 851. The Balaban J connectivity index is 1.25. The van der Waals surface area contributed by atoms with Crippen LogP contribution in [0.1, 0.15) is 24.4 Å². The van der Waals surface area contributed by atoms with Crippen LogP contribution in [0.25, 0.3) is 10.9 Å². The van der Waals surface area contributed by atoms with Gasteiger partial charge in [-0.25, -0.2) is 0 Å². The number of carbonyl (C=O) groups is 1. The molecule has 1 amide bonds. The van der Waals surface area contributed by atoms with Crippen LogP contribution >= 0.6 is 11.8 Å². The van der Waals surface area contributed by atoms with Crippen LogP contribution in [0.4, 0.5) is 0 Å². The molecule has 2 N–H and O–H groups in total. The number of aromatic nitrogens is 4. The number of aromatic amines is 1. The Hall–Kier alpha value is -2.28. The molecule has 0 atom stereocenters. The number of rotatable bonds is 7. The molecule has 0 bridgehead atoms. The first kappa shape index (κ1) is 15.3. The van der Waals surface area contributed by atoms with Crippen LogP contribution in [0.5, 0.6) is 0 Å². The summed E-state index contributed by atoms with van der Waals surface area (Å²) < 4.78 is 2.07. The number of hydrogen-bond acceptors (Lipinski definition) is 4. The molecule has 1 aliphatic rings. The largest absolute Gasteiger partial charge is 0.361 e. The maximum atomic E-state index is 12.0. The SMILES string of the molecule is O=C(CSc1nncn1C1CC1)NCCc1c[nH]c2ccccc12. The summed E-state index contributed by atoms with van der Waals surface area (Å²) >= 11 is 1.45. The molecule has 0 radical (unpaired) electrons. The quantitative estimate of drug-likeness (QED) is 0.648. The third-order valence-electron chi connectivity index (χ3n) is 4.20. The second kappa shape index (κ2) is 6.68. The zero-order chi connectivity index (χ0) is 16.4. The number of nitrogens with zero attached hydrogens (tertiary/aromatic N) is 3. The van der Waals surface area contributed by atoms with E-state index in [9.17, 15) is 4.79 Å².